The second-order valence-electron chi connectivity index (χ2n) is 8.18. The number of aromatic nitrogens is 1. The lowest BCUT2D eigenvalue weighted by Gasteiger charge is -2.11. The molecular weight excluding hydrogens is 468 g/mol. The Bertz CT molecular complexity index is 1600. The van der Waals surface area contributed by atoms with E-state index >= 15 is 0 Å². The molecule has 6 nitrogen and oxygen atoms in total. The number of benzene rings is 2. The first kappa shape index (κ1) is 21.1. The summed E-state index contributed by atoms with van der Waals surface area (Å²) in [6.07, 6.45) is 4.21. The lowest BCUT2D eigenvalue weighted by molar-refractivity contribution is 0.102. The molecule has 0 unspecified atom stereocenters. The van der Waals surface area contributed by atoms with E-state index in [1.54, 1.807) is 46.9 Å². The van der Waals surface area contributed by atoms with Gasteiger partial charge < -0.3 is 14.5 Å². The summed E-state index contributed by atoms with van der Waals surface area (Å²) < 4.78 is 11.8. The lowest BCUT2D eigenvalue weighted by atomic mass is 9.95. The second-order valence-corrected chi connectivity index (χ2v) is 10.3. The molecule has 0 saturated carbocycles. The third-order valence-electron chi connectivity index (χ3n) is 6.09. The van der Waals surface area contributed by atoms with Gasteiger partial charge in [0.15, 0.2) is 11.3 Å². The first-order valence-electron chi connectivity index (χ1n) is 11.0. The van der Waals surface area contributed by atoms with Crippen molar-refractivity contribution in [1.82, 2.24) is 4.98 Å². The molecule has 1 amide bonds. The summed E-state index contributed by atoms with van der Waals surface area (Å²) in [6.45, 7) is 0. The Morgan fingerprint density at radius 3 is 2.79 bits per heavy atom. The van der Waals surface area contributed by atoms with Crippen molar-refractivity contribution < 1.29 is 13.9 Å². The number of hydrogen-bond donors (Lipinski definition) is 1. The molecule has 0 aliphatic heterocycles. The lowest BCUT2D eigenvalue weighted by Crippen LogP contribution is -2.20. The number of aryl methyl sites for hydroxylation is 1. The van der Waals surface area contributed by atoms with Crippen molar-refractivity contribution in [1.29, 1.82) is 0 Å². The van der Waals surface area contributed by atoms with E-state index in [9.17, 15) is 9.59 Å². The molecular formula is C26H20N2O4S2. The quantitative estimate of drug-likeness (QED) is 0.302. The third kappa shape index (κ3) is 3.50. The highest BCUT2D eigenvalue weighted by Crippen LogP contribution is 2.46. The predicted molar refractivity (Wildman–Crippen MR) is 137 cm³/mol. The van der Waals surface area contributed by atoms with E-state index in [-0.39, 0.29) is 5.56 Å². The van der Waals surface area contributed by atoms with Gasteiger partial charge in [-0.2, -0.15) is 0 Å². The third-order valence-corrected chi connectivity index (χ3v) is 8.36. The first-order chi connectivity index (χ1) is 16.6. The van der Waals surface area contributed by atoms with Crippen LogP contribution in [-0.4, -0.2) is 18.0 Å². The van der Waals surface area contributed by atoms with Crippen LogP contribution in [0.1, 0.15) is 33.6 Å². The van der Waals surface area contributed by atoms with E-state index in [0.717, 1.165) is 51.5 Å². The highest BCUT2D eigenvalue weighted by atomic mass is 32.1. The van der Waals surface area contributed by atoms with Gasteiger partial charge >= 0.3 is 5.63 Å². The molecule has 0 radical (unpaired) electrons. The molecule has 0 fully saturated rings. The van der Waals surface area contributed by atoms with Crippen LogP contribution in [0.5, 0.6) is 5.75 Å². The fourth-order valence-electron chi connectivity index (χ4n) is 4.47. The van der Waals surface area contributed by atoms with Gasteiger partial charge in [0.1, 0.15) is 15.6 Å². The number of ether oxygens (including phenoxy) is 1. The van der Waals surface area contributed by atoms with Gasteiger partial charge in [-0.1, -0.05) is 24.3 Å². The molecule has 0 atom stereocenters. The van der Waals surface area contributed by atoms with Crippen molar-refractivity contribution in [3.63, 3.8) is 0 Å². The molecule has 8 heteroatoms. The molecule has 5 aromatic rings. The van der Waals surface area contributed by atoms with E-state index in [2.05, 4.69) is 11.4 Å². The number of hydrogen-bond acceptors (Lipinski definition) is 7. The molecule has 0 bridgehead atoms. The number of amides is 1. The summed E-state index contributed by atoms with van der Waals surface area (Å²) in [5, 5.41) is 5.27. The summed E-state index contributed by atoms with van der Waals surface area (Å²) in [6, 6.07) is 14.9. The minimum atomic E-state index is -0.697. The molecule has 34 heavy (non-hydrogen) atoms. The SMILES string of the molecule is COc1cccc2cc(C(=O)Nc3sc4c(c3-c3nc5ccccc5s3)CCCC4)c(=O)oc12. The van der Waals surface area contributed by atoms with Gasteiger partial charge in [0.2, 0.25) is 0 Å². The van der Waals surface area contributed by atoms with Crippen LogP contribution < -0.4 is 15.7 Å². The Hall–Kier alpha value is -3.49. The molecule has 2 aromatic carbocycles. The van der Waals surface area contributed by atoms with Gasteiger partial charge in [-0.25, -0.2) is 9.78 Å². The maximum Gasteiger partial charge on any atom is 0.349 e. The highest BCUT2D eigenvalue weighted by molar-refractivity contribution is 7.23. The maximum absolute atomic E-state index is 13.3. The Balaban J connectivity index is 1.43. The summed E-state index contributed by atoms with van der Waals surface area (Å²) in [5.41, 5.74) is 2.79. The number of methoxy groups -OCH3 is 1. The van der Waals surface area contributed by atoms with E-state index in [0.29, 0.717) is 16.7 Å². The van der Waals surface area contributed by atoms with Gasteiger partial charge in [0, 0.05) is 15.8 Å². The van der Waals surface area contributed by atoms with Crippen LogP contribution in [0.4, 0.5) is 5.00 Å². The smallest absolute Gasteiger partial charge is 0.349 e. The molecule has 170 valence electrons. The number of thiazole rings is 1. The number of nitrogens with zero attached hydrogens (tertiary/aromatic N) is 1. The molecule has 3 heterocycles. The van der Waals surface area contributed by atoms with Crippen LogP contribution >= 0.6 is 22.7 Å². The Labute approximate surface area is 202 Å². The van der Waals surface area contributed by atoms with Crippen molar-refractivity contribution >= 4 is 54.8 Å². The minimum Gasteiger partial charge on any atom is -0.493 e. The second kappa shape index (κ2) is 8.38. The van der Waals surface area contributed by atoms with Gasteiger partial charge in [0.25, 0.3) is 5.91 Å². The monoisotopic (exact) mass is 488 g/mol. The molecule has 6 rings (SSSR count). The molecule has 1 N–H and O–H groups in total. The van der Waals surface area contributed by atoms with Crippen LogP contribution in [0, 0.1) is 0 Å². The Kier molecular flexibility index (Phi) is 5.19. The normalized spacial score (nSPS) is 13.2. The number of fused-ring (bicyclic) bond motifs is 3. The zero-order chi connectivity index (χ0) is 23.2. The number of thiophene rings is 1. The average molecular weight is 489 g/mol. The van der Waals surface area contributed by atoms with Crippen LogP contribution in [0.3, 0.4) is 0 Å². The molecule has 1 aliphatic rings. The molecule has 1 aliphatic carbocycles. The van der Waals surface area contributed by atoms with Gasteiger partial charge in [-0.15, -0.1) is 22.7 Å². The molecule has 3 aromatic heterocycles. The van der Waals surface area contributed by atoms with Crippen LogP contribution in [0.15, 0.2) is 57.7 Å². The van der Waals surface area contributed by atoms with Crippen LogP contribution in [0.25, 0.3) is 31.8 Å². The van der Waals surface area contributed by atoms with Gasteiger partial charge in [-0.3, -0.25) is 4.79 Å². The summed E-state index contributed by atoms with van der Waals surface area (Å²) >= 11 is 3.21. The zero-order valence-corrected chi connectivity index (χ0v) is 20.0. The van der Waals surface area contributed by atoms with E-state index in [1.165, 1.54) is 17.6 Å². The van der Waals surface area contributed by atoms with Crippen LogP contribution in [0.2, 0.25) is 0 Å². The number of anilines is 1. The largest absolute Gasteiger partial charge is 0.493 e. The fraction of sp³-hybridized carbons (Fsp3) is 0.192. The fourth-order valence-corrected chi connectivity index (χ4v) is 6.86. The number of nitrogens with one attached hydrogen (secondary N) is 1. The topological polar surface area (TPSA) is 81.4 Å². The van der Waals surface area contributed by atoms with Gasteiger partial charge in [-0.05, 0) is 55.5 Å². The van der Waals surface area contributed by atoms with Crippen LogP contribution in [-0.2, 0) is 12.8 Å². The van der Waals surface area contributed by atoms with Crippen molar-refractivity contribution in [2.24, 2.45) is 0 Å². The van der Waals surface area contributed by atoms with E-state index in [1.807, 2.05) is 18.2 Å². The number of rotatable bonds is 4. The minimum absolute atomic E-state index is 0.0395. The van der Waals surface area contributed by atoms with Crippen molar-refractivity contribution in [2.75, 3.05) is 12.4 Å². The van der Waals surface area contributed by atoms with Crippen molar-refractivity contribution in [3.8, 4) is 16.3 Å². The van der Waals surface area contributed by atoms with E-state index in [4.69, 9.17) is 14.1 Å². The average Bonchev–Trinajstić information content (AvgIpc) is 3.43. The summed E-state index contributed by atoms with van der Waals surface area (Å²) in [7, 11) is 1.51. The number of para-hydroxylation sites is 2. The summed E-state index contributed by atoms with van der Waals surface area (Å²) in [5.74, 6) is -0.0370. The Morgan fingerprint density at radius 1 is 1.09 bits per heavy atom. The maximum atomic E-state index is 13.3. The molecule has 0 saturated heterocycles. The summed E-state index contributed by atoms with van der Waals surface area (Å²) in [4.78, 5) is 32.1. The van der Waals surface area contributed by atoms with Crippen molar-refractivity contribution in [2.45, 2.75) is 25.7 Å². The zero-order valence-electron chi connectivity index (χ0n) is 18.3. The highest BCUT2D eigenvalue weighted by Gasteiger charge is 2.26. The number of carbonyl (C=O) groups excluding carboxylic acids is 1. The molecule has 0 spiro atoms. The van der Waals surface area contributed by atoms with E-state index < -0.39 is 11.5 Å². The standard InChI is InChI=1S/C26H20N2O4S2/c1-31-18-10-6-7-14-13-16(26(30)32-22(14)18)23(29)28-25-21(15-8-2-4-11-19(15)33-25)24-27-17-9-3-5-12-20(17)34-24/h3,5-7,9-10,12-13H,2,4,8,11H2,1H3,(H,28,29). The Morgan fingerprint density at radius 2 is 1.94 bits per heavy atom. The predicted octanol–water partition coefficient (Wildman–Crippen LogP) is 6.27. The van der Waals surface area contributed by atoms with Gasteiger partial charge in [0.05, 0.1) is 17.3 Å². The number of carbonyl (C=O) groups is 1. The van der Waals surface area contributed by atoms with Crippen molar-refractivity contribution in [3.05, 3.63) is 75.0 Å². The first-order valence-corrected chi connectivity index (χ1v) is 12.7.